The minimum Gasteiger partial charge on any atom is -0.481 e. The summed E-state index contributed by atoms with van der Waals surface area (Å²) in [4.78, 5) is 38.5. The Bertz CT molecular complexity index is 1100. The van der Waals surface area contributed by atoms with E-state index in [9.17, 15) is 19.5 Å². The molecule has 1 aliphatic heterocycles. The van der Waals surface area contributed by atoms with Crippen molar-refractivity contribution in [2.24, 2.45) is 23.2 Å². The van der Waals surface area contributed by atoms with Gasteiger partial charge in [-0.25, -0.2) is 4.79 Å². The van der Waals surface area contributed by atoms with Gasteiger partial charge in [-0.2, -0.15) is 0 Å². The lowest BCUT2D eigenvalue weighted by Gasteiger charge is -2.22. The van der Waals surface area contributed by atoms with Crippen molar-refractivity contribution in [2.45, 2.75) is 26.2 Å². The molecule has 2 aliphatic carbocycles. The molecule has 0 bridgehead atoms. The molecule has 2 fully saturated rings. The third kappa shape index (κ3) is 3.83. The van der Waals surface area contributed by atoms with Crippen molar-refractivity contribution in [3.05, 3.63) is 59.7 Å². The lowest BCUT2D eigenvalue weighted by Crippen LogP contribution is -2.37. The zero-order valence-corrected chi connectivity index (χ0v) is 19.5. The third-order valence-corrected chi connectivity index (χ3v) is 7.99. The highest BCUT2D eigenvalue weighted by atomic mass is 16.5. The minimum absolute atomic E-state index is 0.00355. The first-order valence-corrected chi connectivity index (χ1v) is 11.9. The number of carboxylic acids is 1. The highest BCUT2D eigenvalue weighted by Gasteiger charge is 2.52. The van der Waals surface area contributed by atoms with Gasteiger partial charge in [-0.15, -0.1) is 0 Å². The summed E-state index contributed by atoms with van der Waals surface area (Å²) in [5, 5.41) is 12.3. The molecule has 0 radical (unpaired) electrons. The van der Waals surface area contributed by atoms with E-state index in [2.05, 4.69) is 29.6 Å². The molecule has 2 amide bonds. The predicted octanol–water partition coefficient (Wildman–Crippen LogP) is 3.73. The highest BCUT2D eigenvalue weighted by molar-refractivity contribution is 5.84. The molecular formula is C27H30N2O5. The Balaban J connectivity index is 1.11. The molecule has 1 saturated heterocycles. The van der Waals surface area contributed by atoms with Gasteiger partial charge in [-0.1, -0.05) is 55.5 Å². The summed E-state index contributed by atoms with van der Waals surface area (Å²) in [7, 11) is 0. The summed E-state index contributed by atoms with van der Waals surface area (Å²) in [6, 6.07) is 16.4. The first-order valence-electron chi connectivity index (χ1n) is 11.9. The summed E-state index contributed by atoms with van der Waals surface area (Å²) < 4.78 is 5.57. The van der Waals surface area contributed by atoms with E-state index < -0.39 is 17.5 Å². The molecule has 4 atom stereocenters. The number of amides is 2. The molecule has 5 rings (SSSR count). The van der Waals surface area contributed by atoms with Crippen LogP contribution in [-0.2, 0) is 14.3 Å². The number of hydrogen-bond donors (Lipinski definition) is 2. The standard InChI is InChI=1S/C27H30N2O5/c1-16-13-29(15-27(16,2)25(31)32)24(30)22-11-17(22)12-28-26(33)34-14-23-20-9-5-3-7-18(20)19-8-4-6-10-21(19)23/h3-10,16-17,22-23H,11-15H2,1-2H3,(H,28,33)(H,31,32)/t16?,17-,22-,27?/m0/s1. The second-order valence-corrected chi connectivity index (χ2v) is 10.2. The topological polar surface area (TPSA) is 95.9 Å². The number of aliphatic carboxylic acids is 1. The molecule has 0 spiro atoms. The Kier molecular flexibility index (Phi) is 5.58. The lowest BCUT2D eigenvalue weighted by molar-refractivity contribution is -0.149. The second-order valence-electron chi connectivity index (χ2n) is 10.2. The quantitative estimate of drug-likeness (QED) is 0.682. The number of carbonyl (C=O) groups excluding carboxylic acids is 2. The maximum Gasteiger partial charge on any atom is 0.407 e. The van der Waals surface area contributed by atoms with E-state index in [4.69, 9.17) is 4.74 Å². The summed E-state index contributed by atoms with van der Waals surface area (Å²) in [6.07, 6.45) is 0.227. The summed E-state index contributed by atoms with van der Waals surface area (Å²) in [6.45, 7) is 4.93. The van der Waals surface area contributed by atoms with Crippen LogP contribution in [0.5, 0.6) is 0 Å². The molecule has 1 saturated carbocycles. The third-order valence-electron chi connectivity index (χ3n) is 7.99. The van der Waals surface area contributed by atoms with Crippen LogP contribution in [0.25, 0.3) is 11.1 Å². The minimum atomic E-state index is -0.903. The molecule has 2 aromatic rings. The maximum atomic E-state index is 12.8. The fourth-order valence-electron chi connectivity index (χ4n) is 5.47. The van der Waals surface area contributed by atoms with Crippen molar-refractivity contribution in [2.75, 3.05) is 26.2 Å². The monoisotopic (exact) mass is 462 g/mol. The number of carboxylic acid groups (broad SMARTS) is 1. The molecule has 2 N–H and O–H groups in total. The molecule has 0 aromatic heterocycles. The number of alkyl carbamates (subject to hydrolysis) is 1. The molecule has 7 heteroatoms. The van der Waals surface area contributed by atoms with E-state index in [-0.39, 0.29) is 42.7 Å². The number of nitrogens with zero attached hydrogens (tertiary/aromatic N) is 1. The smallest absolute Gasteiger partial charge is 0.407 e. The van der Waals surface area contributed by atoms with E-state index in [1.807, 2.05) is 31.2 Å². The van der Waals surface area contributed by atoms with Gasteiger partial charge in [0.1, 0.15) is 6.61 Å². The van der Waals surface area contributed by atoms with Gasteiger partial charge in [-0.05, 0) is 47.4 Å². The molecule has 1 heterocycles. The fourth-order valence-corrected chi connectivity index (χ4v) is 5.47. The summed E-state index contributed by atoms with van der Waals surface area (Å²) in [5.74, 6) is -1.04. The molecule has 7 nitrogen and oxygen atoms in total. The molecule has 178 valence electrons. The van der Waals surface area contributed by atoms with E-state index >= 15 is 0 Å². The Hall–Kier alpha value is -3.35. The second kappa shape index (κ2) is 8.46. The van der Waals surface area contributed by atoms with Crippen molar-refractivity contribution in [1.29, 1.82) is 0 Å². The van der Waals surface area contributed by atoms with Crippen molar-refractivity contribution in [3.8, 4) is 11.1 Å². The Morgan fingerprint density at radius 1 is 1.09 bits per heavy atom. The van der Waals surface area contributed by atoms with E-state index in [1.54, 1.807) is 11.8 Å². The van der Waals surface area contributed by atoms with Gasteiger partial charge in [0.2, 0.25) is 5.91 Å². The summed E-state index contributed by atoms with van der Waals surface area (Å²) in [5.41, 5.74) is 3.79. The van der Waals surface area contributed by atoms with Crippen molar-refractivity contribution >= 4 is 18.0 Å². The Labute approximate surface area is 199 Å². The number of likely N-dealkylation sites (tertiary alicyclic amines) is 1. The van der Waals surface area contributed by atoms with Crippen LogP contribution >= 0.6 is 0 Å². The fraction of sp³-hybridized carbons (Fsp3) is 0.444. The lowest BCUT2D eigenvalue weighted by atomic mass is 9.81. The first kappa shape index (κ1) is 22.4. The van der Waals surface area contributed by atoms with Gasteiger partial charge in [-0.3, -0.25) is 9.59 Å². The average molecular weight is 463 g/mol. The van der Waals surface area contributed by atoms with Crippen LogP contribution in [0.4, 0.5) is 4.79 Å². The normalized spacial score (nSPS) is 27.1. The van der Waals surface area contributed by atoms with Gasteiger partial charge in [0.25, 0.3) is 0 Å². The first-order chi connectivity index (χ1) is 16.3. The van der Waals surface area contributed by atoms with Gasteiger partial charge < -0.3 is 20.1 Å². The van der Waals surface area contributed by atoms with Crippen molar-refractivity contribution < 1.29 is 24.2 Å². The van der Waals surface area contributed by atoms with Crippen LogP contribution in [-0.4, -0.2) is 54.2 Å². The SMILES string of the molecule is CC1CN(C(=O)[C@H]2C[C@H]2CNC(=O)OCC2c3ccccc3-c3ccccc32)CC1(C)C(=O)O. The zero-order chi connectivity index (χ0) is 24.0. The number of ether oxygens (including phenoxy) is 1. The van der Waals surface area contributed by atoms with Gasteiger partial charge in [0, 0.05) is 31.5 Å². The van der Waals surface area contributed by atoms with Crippen LogP contribution in [0.3, 0.4) is 0 Å². The van der Waals surface area contributed by atoms with E-state index in [0.717, 1.165) is 11.1 Å². The van der Waals surface area contributed by atoms with Gasteiger partial charge >= 0.3 is 12.1 Å². The number of nitrogens with one attached hydrogen (secondary N) is 1. The number of fused-ring (bicyclic) bond motifs is 3. The Morgan fingerprint density at radius 3 is 2.29 bits per heavy atom. The maximum absolute atomic E-state index is 12.8. The molecule has 2 unspecified atom stereocenters. The summed E-state index contributed by atoms with van der Waals surface area (Å²) >= 11 is 0. The van der Waals surface area contributed by atoms with E-state index in [1.165, 1.54) is 11.1 Å². The van der Waals surface area contributed by atoms with Gasteiger partial charge in [0.05, 0.1) is 5.41 Å². The molecular weight excluding hydrogens is 432 g/mol. The van der Waals surface area contributed by atoms with Crippen LogP contribution in [0.1, 0.15) is 37.3 Å². The number of carbonyl (C=O) groups is 3. The zero-order valence-electron chi connectivity index (χ0n) is 19.5. The average Bonchev–Trinajstić information content (AvgIpc) is 3.45. The highest BCUT2D eigenvalue weighted by Crippen LogP contribution is 2.45. The van der Waals surface area contributed by atoms with Crippen LogP contribution < -0.4 is 5.32 Å². The molecule has 2 aromatic carbocycles. The Morgan fingerprint density at radius 2 is 1.71 bits per heavy atom. The van der Waals surface area contributed by atoms with Crippen LogP contribution in [0, 0.1) is 23.2 Å². The van der Waals surface area contributed by atoms with Crippen LogP contribution in [0.2, 0.25) is 0 Å². The van der Waals surface area contributed by atoms with E-state index in [0.29, 0.717) is 19.5 Å². The number of hydrogen-bond acceptors (Lipinski definition) is 4. The van der Waals surface area contributed by atoms with Crippen molar-refractivity contribution in [3.63, 3.8) is 0 Å². The van der Waals surface area contributed by atoms with Crippen molar-refractivity contribution in [1.82, 2.24) is 10.2 Å². The van der Waals surface area contributed by atoms with Gasteiger partial charge in [0.15, 0.2) is 0 Å². The van der Waals surface area contributed by atoms with Crippen LogP contribution in [0.15, 0.2) is 48.5 Å². The molecule has 34 heavy (non-hydrogen) atoms. The number of benzene rings is 2. The predicted molar refractivity (Wildman–Crippen MR) is 126 cm³/mol. The number of rotatable bonds is 6. The largest absolute Gasteiger partial charge is 0.481 e. The molecule has 3 aliphatic rings.